The van der Waals surface area contributed by atoms with Crippen LogP contribution in [0.5, 0.6) is 0 Å². The standard InChI is InChI=1S/C81H132NO8P/c1-3-5-7-9-11-13-15-17-19-21-23-25-27-29-31-33-35-36-37-38-39-40-41-42-44-46-48-50-52-54-56-58-60-62-64-66-68-70-72-74-81(84)90-79(78-89-91(85,86)88-76-75-82)77-87-80(83)73-71-69-67-65-63-61-59-57-55-53-51-49-47-45-43-34-32-30-28-26-24-22-20-18-16-14-12-10-8-6-4-2/h5-8,11-14,17-20,23-26,29-32,35-36,38-39,41-42,46,48,52,54,79H,3-4,9-10,15-16,21-22,27-28,33-34,37,40,43-45,47,49-51,53,55-78,82H2,1-2H3,(H,85,86)/b7-5-,8-6-,13-11-,14-12-,19-17-,20-18-,25-23-,26-24-,31-29-,32-30-,36-35-,39-38-,42-41-,48-46-,54-52-. The first-order valence-corrected chi connectivity index (χ1v) is 37.8. The van der Waals surface area contributed by atoms with Crippen LogP contribution < -0.4 is 5.73 Å². The molecular formula is C81H132NO8P. The molecule has 2 unspecified atom stereocenters. The molecule has 0 saturated carbocycles. The smallest absolute Gasteiger partial charge is 0.462 e. The number of phosphoric ester groups is 1. The van der Waals surface area contributed by atoms with Gasteiger partial charge >= 0.3 is 19.8 Å². The van der Waals surface area contributed by atoms with Crippen LogP contribution in [0, 0.1) is 0 Å². The fourth-order valence-electron chi connectivity index (χ4n) is 9.52. The molecule has 0 radical (unpaired) electrons. The van der Waals surface area contributed by atoms with Gasteiger partial charge in [0.25, 0.3) is 0 Å². The van der Waals surface area contributed by atoms with Gasteiger partial charge in [-0.05, 0) is 135 Å². The molecule has 0 aromatic carbocycles. The maximum Gasteiger partial charge on any atom is 0.472 e. The number of esters is 2. The van der Waals surface area contributed by atoms with E-state index in [2.05, 4.69) is 196 Å². The molecule has 0 heterocycles. The minimum absolute atomic E-state index is 0.0439. The molecule has 0 aromatic heterocycles. The van der Waals surface area contributed by atoms with E-state index in [9.17, 15) is 19.0 Å². The topological polar surface area (TPSA) is 134 Å². The predicted octanol–water partition coefficient (Wildman–Crippen LogP) is 24.3. The highest BCUT2D eigenvalue weighted by Crippen LogP contribution is 2.43. The maximum absolute atomic E-state index is 12.8. The van der Waals surface area contributed by atoms with Crippen molar-refractivity contribution in [3.05, 3.63) is 182 Å². The molecule has 9 nitrogen and oxygen atoms in total. The van der Waals surface area contributed by atoms with Crippen LogP contribution in [-0.2, 0) is 32.7 Å². The third kappa shape index (κ3) is 74.0. The zero-order valence-electron chi connectivity index (χ0n) is 57.8. The summed E-state index contributed by atoms with van der Waals surface area (Å²) < 4.78 is 33.2. The second-order valence-electron chi connectivity index (χ2n) is 23.3. The van der Waals surface area contributed by atoms with Gasteiger partial charge in [-0.1, -0.05) is 318 Å². The van der Waals surface area contributed by atoms with Gasteiger partial charge in [0.2, 0.25) is 0 Å². The van der Waals surface area contributed by atoms with E-state index in [1.54, 1.807) is 0 Å². The fourth-order valence-corrected chi connectivity index (χ4v) is 10.3. The number of ether oxygens (including phenoxy) is 2. The van der Waals surface area contributed by atoms with E-state index in [0.29, 0.717) is 6.42 Å². The Morgan fingerprint density at radius 3 is 0.846 bits per heavy atom. The molecule has 0 rings (SSSR count). The highest BCUT2D eigenvalue weighted by molar-refractivity contribution is 7.47. The van der Waals surface area contributed by atoms with Crippen LogP contribution in [0.2, 0.25) is 0 Å². The van der Waals surface area contributed by atoms with Crippen LogP contribution in [-0.4, -0.2) is 49.3 Å². The third-order valence-corrected chi connectivity index (χ3v) is 15.8. The van der Waals surface area contributed by atoms with Crippen LogP contribution in [0.3, 0.4) is 0 Å². The van der Waals surface area contributed by atoms with E-state index >= 15 is 0 Å². The first kappa shape index (κ1) is 86.1. The van der Waals surface area contributed by atoms with E-state index in [1.165, 1.54) is 109 Å². The molecule has 0 amide bonds. The highest BCUT2D eigenvalue weighted by Gasteiger charge is 2.26. The molecule has 0 aromatic rings. The van der Waals surface area contributed by atoms with Gasteiger partial charge in [0.05, 0.1) is 13.2 Å². The largest absolute Gasteiger partial charge is 0.472 e. The van der Waals surface area contributed by atoms with Crippen molar-refractivity contribution < 1.29 is 37.6 Å². The zero-order chi connectivity index (χ0) is 65.8. The number of unbranched alkanes of at least 4 members (excludes halogenated alkanes) is 23. The summed E-state index contributed by atoms with van der Waals surface area (Å²) in [5.41, 5.74) is 5.40. The third-order valence-electron chi connectivity index (χ3n) is 14.8. The van der Waals surface area contributed by atoms with Gasteiger partial charge in [0.1, 0.15) is 6.61 Å². The number of carbonyl (C=O) groups excluding carboxylic acids is 2. The number of nitrogens with two attached hydrogens (primary N) is 1. The highest BCUT2D eigenvalue weighted by atomic mass is 31.2. The lowest BCUT2D eigenvalue weighted by molar-refractivity contribution is -0.161. The van der Waals surface area contributed by atoms with E-state index in [-0.39, 0.29) is 38.6 Å². The van der Waals surface area contributed by atoms with Crippen LogP contribution in [0.4, 0.5) is 0 Å². The van der Waals surface area contributed by atoms with Crippen molar-refractivity contribution in [3.8, 4) is 0 Å². The molecule has 514 valence electrons. The second-order valence-corrected chi connectivity index (χ2v) is 24.8. The molecule has 10 heteroatoms. The van der Waals surface area contributed by atoms with Crippen molar-refractivity contribution in [1.29, 1.82) is 0 Å². The molecule has 91 heavy (non-hydrogen) atoms. The average molecular weight is 1280 g/mol. The minimum Gasteiger partial charge on any atom is -0.462 e. The monoisotopic (exact) mass is 1280 g/mol. The normalized spacial score (nSPS) is 14.0. The minimum atomic E-state index is -4.41. The van der Waals surface area contributed by atoms with Crippen molar-refractivity contribution in [3.63, 3.8) is 0 Å². The molecule has 2 atom stereocenters. The zero-order valence-corrected chi connectivity index (χ0v) is 58.6. The summed E-state index contributed by atoms with van der Waals surface area (Å²) in [5, 5.41) is 0. The Kier molecular flexibility index (Phi) is 70.2. The van der Waals surface area contributed by atoms with E-state index in [0.717, 1.165) is 141 Å². The second kappa shape index (κ2) is 74.2. The van der Waals surface area contributed by atoms with Crippen LogP contribution >= 0.6 is 7.82 Å². The summed E-state index contributed by atoms with van der Waals surface area (Å²) in [4.78, 5) is 35.4. The van der Waals surface area contributed by atoms with Crippen molar-refractivity contribution in [1.82, 2.24) is 0 Å². The molecule has 0 bridgehead atoms. The SMILES string of the molecule is CC/C=C\C/C=C\C/C=C\C/C=C\C/C=C\C/C=C\C/C=C\C/C=C\C/C=C\C/C=C\CCCCCCCCCCC(=O)OC(COC(=O)CCCCCCCCCCCCCCCCC/C=C\C/C=C\C/C=C\C/C=C\C/C=C\CC)COP(=O)(O)OCCN. The Bertz CT molecular complexity index is 2150. The Hall–Kier alpha value is -4.89. The molecule has 0 aliphatic rings. The van der Waals surface area contributed by atoms with Crippen LogP contribution in [0.15, 0.2) is 182 Å². The van der Waals surface area contributed by atoms with Gasteiger partial charge in [0, 0.05) is 19.4 Å². The van der Waals surface area contributed by atoms with E-state index in [4.69, 9.17) is 24.3 Å². The summed E-state index contributed by atoms with van der Waals surface area (Å²) in [6.07, 6.45) is 111. The van der Waals surface area contributed by atoms with Gasteiger partial charge in [0.15, 0.2) is 6.10 Å². The molecule has 3 N–H and O–H groups in total. The quantitative estimate of drug-likeness (QED) is 0.0264. The summed E-state index contributed by atoms with van der Waals surface area (Å²) in [7, 11) is -4.41. The lowest BCUT2D eigenvalue weighted by atomic mass is 10.0. The lowest BCUT2D eigenvalue weighted by Gasteiger charge is -2.19. The van der Waals surface area contributed by atoms with E-state index < -0.39 is 26.5 Å². The number of phosphoric acid groups is 1. The van der Waals surface area contributed by atoms with Crippen molar-refractivity contribution >= 4 is 19.8 Å². The predicted molar refractivity (Wildman–Crippen MR) is 394 cm³/mol. The number of allylic oxidation sites excluding steroid dienone is 30. The Morgan fingerprint density at radius 1 is 0.330 bits per heavy atom. The number of hydrogen-bond acceptors (Lipinski definition) is 8. The first-order chi connectivity index (χ1) is 44.8. The number of hydrogen-bond donors (Lipinski definition) is 2. The van der Waals surface area contributed by atoms with Crippen molar-refractivity contribution in [2.45, 2.75) is 290 Å². The first-order valence-electron chi connectivity index (χ1n) is 36.3. The van der Waals surface area contributed by atoms with Crippen LogP contribution in [0.25, 0.3) is 0 Å². The molecular weight excluding hydrogens is 1150 g/mol. The van der Waals surface area contributed by atoms with Crippen molar-refractivity contribution in [2.24, 2.45) is 5.73 Å². The summed E-state index contributed by atoms with van der Waals surface area (Å²) in [6, 6.07) is 0. The van der Waals surface area contributed by atoms with Gasteiger partial charge in [-0.15, -0.1) is 0 Å². The van der Waals surface area contributed by atoms with Gasteiger partial charge < -0.3 is 20.1 Å². The van der Waals surface area contributed by atoms with Gasteiger partial charge in [-0.3, -0.25) is 18.6 Å². The average Bonchev–Trinajstić information content (AvgIpc) is 3.71. The molecule has 0 fully saturated rings. The molecule has 0 aliphatic carbocycles. The molecule has 0 aliphatic heterocycles. The molecule has 0 saturated heterocycles. The molecule has 0 spiro atoms. The summed E-state index contributed by atoms with van der Waals surface area (Å²) in [6.45, 7) is 3.51. The van der Waals surface area contributed by atoms with Crippen LogP contribution in [0.1, 0.15) is 284 Å². The number of carbonyl (C=O) groups is 2. The van der Waals surface area contributed by atoms with Gasteiger partial charge in [-0.25, -0.2) is 4.57 Å². The fraction of sp³-hybridized carbons (Fsp3) is 0.605. The Morgan fingerprint density at radius 2 is 0.571 bits per heavy atom. The number of rotatable bonds is 66. The van der Waals surface area contributed by atoms with E-state index in [1.807, 2.05) is 0 Å². The Labute approximate surface area is 558 Å². The Balaban J connectivity index is 3.96. The lowest BCUT2D eigenvalue weighted by Crippen LogP contribution is -2.29. The van der Waals surface area contributed by atoms with Crippen molar-refractivity contribution in [2.75, 3.05) is 26.4 Å². The van der Waals surface area contributed by atoms with Gasteiger partial charge in [-0.2, -0.15) is 0 Å². The summed E-state index contributed by atoms with van der Waals surface area (Å²) >= 11 is 0. The maximum atomic E-state index is 12.8. The summed E-state index contributed by atoms with van der Waals surface area (Å²) in [5.74, 6) is -0.843.